The monoisotopic (exact) mass is 419 g/mol. The van der Waals surface area contributed by atoms with E-state index >= 15 is 0 Å². The summed E-state index contributed by atoms with van der Waals surface area (Å²) in [5.74, 6) is 0.524. The van der Waals surface area contributed by atoms with Gasteiger partial charge in [-0.2, -0.15) is 0 Å². The van der Waals surface area contributed by atoms with Crippen LogP contribution in [0.4, 0.5) is 0 Å². The molecule has 1 heterocycles. The van der Waals surface area contributed by atoms with Crippen molar-refractivity contribution in [2.45, 2.75) is 80.5 Å². The summed E-state index contributed by atoms with van der Waals surface area (Å²) >= 11 is 9.48. The number of carbonyl (C=O) groups is 1. The van der Waals surface area contributed by atoms with E-state index in [1.54, 1.807) is 17.1 Å². The lowest BCUT2D eigenvalue weighted by molar-refractivity contribution is 0.0690. The van der Waals surface area contributed by atoms with Crippen molar-refractivity contribution in [1.82, 2.24) is 4.98 Å². The van der Waals surface area contributed by atoms with E-state index in [0.717, 1.165) is 22.9 Å². The van der Waals surface area contributed by atoms with Crippen LogP contribution >= 0.6 is 34.7 Å². The maximum absolute atomic E-state index is 10.9. The summed E-state index contributed by atoms with van der Waals surface area (Å²) in [6, 6.07) is 0. The van der Waals surface area contributed by atoms with Gasteiger partial charge in [-0.15, -0.1) is 22.9 Å². The molecular weight excluding hydrogens is 390 g/mol. The number of aliphatic hydroxyl groups excluding tert-OH is 1. The zero-order chi connectivity index (χ0) is 18.9. The van der Waals surface area contributed by atoms with Crippen LogP contribution in [-0.4, -0.2) is 38.4 Å². The largest absolute Gasteiger partial charge is 0.476 e. The van der Waals surface area contributed by atoms with Crippen molar-refractivity contribution in [3.05, 3.63) is 11.1 Å². The van der Waals surface area contributed by atoms with Crippen LogP contribution < -0.4 is 0 Å². The number of hydrogen-bond acceptors (Lipinski definition) is 5. The number of unbranched alkanes of at least 4 members (excludes halogenated alkanes) is 5. The van der Waals surface area contributed by atoms with Gasteiger partial charge in [-0.25, -0.2) is 9.78 Å². The second-order valence-electron chi connectivity index (χ2n) is 7.14. The topological polar surface area (TPSA) is 70.4 Å². The van der Waals surface area contributed by atoms with Crippen molar-refractivity contribution in [1.29, 1.82) is 0 Å². The number of thioether (sulfide) groups is 1. The summed E-state index contributed by atoms with van der Waals surface area (Å²) < 4.78 is 0.791. The first kappa shape index (κ1) is 22.0. The summed E-state index contributed by atoms with van der Waals surface area (Å²) in [6.07, 6.45) is 10.0. The molecule has 1 aromatic rings. The quantitative estimate of drug-likeness (QED) is 0.259. The Morgan fingerprint density at radius 3 is 2.69 bits per heavy atom. The van der Waals surface area contributed by atoms with Crippen molar-refractivity contribution in [2.75, 3.05) is 5.75 Å². The molecule has 1 fully saturated rings. The molecular formula is C19H30ClNO3S2. The number of thiazole rings is 1. The lowest BCUT2D eigenvalue weighted by atomic mass is 9.87. The molecule has 0 bridgehead atoms. The highest BCUT2D eigenvalue weighted by Crippen LogP contribution is 2.42. The molecule has 1 saturated carbocycles. The van der Waals surface area contributed by atoms with Gasteiger partial charge >= 0.3 is 5.97 Å². The first-order valence-electron chi connectivity index (χ1n) is 9.66. The molecule has 0 amide bonds. The first-order chi connectivity index (χ1) is 12.5. The second kappa shape index (κ2) is 11.5. The molecule has 1 aliphatic carbocycles. The molecule has 1 aliphatic rings. The minimum Gasteiger partial charge on any atom is -0.476 e. The van der Waals surface area contributed by atoms with Crippen LogP contribution in [0.5, 0.6) is 0 Å². The van der Waals surface area contributed by atoms with Crippen LogP contribution in [0.1, 0.15) is 75.2 Å². The molecule has 0 radical (unpaired) electrons. The minimum atomic E-state index is -0.980. The zero-order valence-electron chi connectivity index (χ0n) is 15.4. The predicted octanol–water partition coefficient (Wildman–Crippen LogP) is 5.68. The van der Waals surface area contributed by atoms with Crippen molar-refractivity contribution in [3.8, 4) is 0 Å². The maximum Gasteiger partial charge on any atom is 0.355 e. The molecule has 1 aromatic heterocycles. The molecule has 0 spiro atoms. The van der Waals surface area contributed by atoms with E-state index in [4.69, 9.17) is 16.7 Å². The van der Waals surface area contributed by atoms with E-state index < -0.39 is 5.97 Å². The van der Waals surface area contributed by atoms with E-state index in [2.05, 4.69) is 11.9 Å². The smallest absolute Gasteiger partial charge is 0.355 e. The van der Waals surface area contributed by atoms with E-state index in [-0.39, 0.29) is 17.2 Å². The number of aliphatic hydroxyl groups is 1. The average Bonchev–Trinajstić information content (AvgIpc) is 3.17. The van der Waals surface area contributed by atoms with Crippen molar-refractivity contribution in [3.63, 3.8) is 0 Å². The molecule has 4 nitrogen and oxygen atoms in total. The van der Waals surface area contributed by atoms with E-state index in [1.165, 1.54) is 49.9 Å². The zero-order valence-corrected chi connectivity index (χ0v) is 17.8. The third-order valence-corrected chi connectivity index (χ3v) is 7.80. The lowest BCUT2D eigenvalue weighted by Crippen LogP contribution is -2.21. The summed E-state index contributed by atoms with van der Waals surface area (Å²) in [5, 5.41) is 20.9. The van der Waals surface area contributed by atoms with Gasteiger partial charge in [0.25, 0.3) is 0 Å². The van der Waals surface area contributed by atoms with E-state index in [1.807, 2.05) is 0 Å². The van der Waals surface area contributed by atoms with Gasteiger partial charge in [0.2, 0.25) is 0 Å². The molecule has 2 rings (SSSR count). The standard InChI is InChI=1S/C19H30ClNO3S2/c1-2-3-4-5-6-7-8-14-13(15(20)11-17(14)22)9-10-25-19-21-16(12-26-19)18(23)24/h12-15,17,22H,2-11H2,1H3,(H,23,24). The summed E-state index contributed by atoms with van der Waals surface area (Å²) in [4.78, 5) is 15.0. The minimum absolute atomic E-state index is 0.0431. The van der Waals surface area contributed by atoms with Gasteiger partial charge in [-0.3, -0.25) is 0 Å². The number of halogens is 1. The Morgan fingerprint density at radius 2 is 2.00 bits per heavy atom. The van der Waals surface area contributed by atoms with Crippen molar-refractivity contribution >= 4 is 40.7 Å². The average molecular weight is 420 g/mol. The van der Waals surface area contributed by atoms with E-state index in [9.17, 15) is 9.90 Å². The molecule has 148 valence electrons. The van der Waals surface area contributed by atoms with Crippen molar-refractivity contribution < 1.29 is 15.0 Å². The predicted molar refractivity (Wildman–Crippen MR) is 110 cm³/mol. The van der Waals surface area contributed by atoms with Gasteiger partial charge in [0, 0.05) is 16.5 Å². The second-order valence-corrected chi connectivity index (χ2v) is 9.90. The third-order valence-electron chi connectivity index (χ3n) is 5.25. The highest BCUT2D eigenvalue weighted by atomic mass is 35.5. The van der Waals surface area contributed by atoms with Crippen LogP contribution in [0.15, 0.2) is 9.72 Å². The lowest BCUT2D eigenvalue weighted by Gasteiger charge is -2.23. The summed E-state index contributed by atoms with van der Waals surface area (Å²) in [7, 11) is 0. The highest BCUT2D eigenvalue weighted by molar-refractivity contribution is 8.01. The number of carboxylic acid groups (broad SMARTS) is 1. The summed E-state index contributed by atoms with van der Waals surface area (Å²) in [5.41, 5.74) is 0.116. The van der Waals surface area contributed by atoms with Crippen LogP contribution in [0.3, 0.4) is 0 Å². The van der Waals surface area contributed by atoms with Crippen LogP contribution in [0.25, 0.3) is 0 Å². The molecule has 4 unspecified atom stereocenters. The number of alkyl halides is 1. The number of aromatic carboxylic acids is 1. The number of rotatable bonds is 12. The van der Waals surface area contributed by atoms with Gasteiger partial charge in [0.15, 0.2) is 10.0 Å². The molecule has 26 heavy (non-hydrogen) atoms. The molecule has 2 N–H and O–H groups in total. The van der Waals surface area contributed by atoms with Crippen LogP contribution in [0, 0.1) is 11.8 Å². The van der Waals surface area contributed by atoms with Gasteiger partial charge in [-0.05, 0) is 31.1 Å². The molecule has 4 atom stereocenters. The Hall–Kier alpha value is -0.300. The SMILES string of the molecule is CCCCCCCCC1C(O)CC(Cl)C1CCSc1nc(C(=O)O)cs1. The fraction of sp³-hybridized carbons (Fsp3) is 0.789. The Morgan fingerprint density at radius 1 is 1.27 bits per heavy atom. The van der Waals surface area contributed by atoms with Gasteiger partial charge in [0.05, 0.1) is 6.10 Å². The van der Waals surface area contributed by atoms with Crippen LogP contribution in [0.2, 0.25) is 0 Å². The number of carboxylic acids is 1. The maximum atomic E-state index is 10.9. The van der Waals surface area contributed by atoms with Crippen LogP contribution in [-0.2, 0) is 0 Å². The first-order valence-corrected chi connectivity index (χ1v) is 12.0. The normalized spacial score (nSPS) is 25.7. The Balaban J connectivity index is 1.74. The van der Waals surface area contributed by atoms with E-state index in [0.29, 0.717) is 18.3 Å². The van der Waals surface area contributed by atoms with Gasteiger partial charge in [0.1, 0.15) is 0 Å². The Kier molecular flexibility index (Phi) is 9.75. The number of aromatic nitrogens is 1. The number of nitrogens with zero attached hydrogens (tertiary/aromatic N) is 1. The Bertz CT molecular complexity index is 555. The fourth-order valence-electron chi connectivity index (χ4n) is 3.80. The molecule has 0 aromatic carbocycles. The Labute approximate surface area is 169 Å². The highest BCUT2D eigenvalue weighted by Gasteiger charge is 2.40. The van der Waals surface area contributed by atoms with Gasteiger partial charge < -0.3 is 10.2 Å². The molecule has 7 heteroatoms. The summed E-state index contributed by atoms with van der Waals surface area (Å²) in [6.45, 7) is 2.23. The fourth-order valence-corrected chi connectivity index (χ4v) is 6.21. The molecule has 0 saturated heterocycles. The van der Waals surface area contributed by atoms with Crippen molar-refractivity contribution in [2.24, 2.45) is 11.8 Å². The van der Waals surface area contributed by atoms with Gasteiger partial charge in [-0.1, -0.05) is 57.2 Å². The molecule has 0 aliphatic heterocycles. The third kappa shape index (κ3) is 6.70. The number of hydrogen-bond donors (Lipinski definition) is 2.